The first-order chi connectivity index (χ1) is 7.54. The first-order valence-electron chi connectivity index (χ1n) is 5.43. The molecule has 0 radical (unpaired) electrons. The number of rotatable bonds is 5. The lowest BCUT2D eigenvalue weighted by Crippen LogP contribution is -2.28. The number of carboxylic acid groups (broad SMARTS) is 1. The summed E-state index contributed by atoms with van der Waals surface area (Å²) in [6.45, 7) is 5.04. The van der Waals surface area contributed by atoms with Crippen LogP contribution in [0.15, 0.2) is 18.3 Å². The Balaban J connectivity index is 2.65. The second-order valence-corrected chi connectivity index (χ2v) is 4.02. The molecule has 1 N–H and O–H groups in total. The highest BCUT2D eigenvalue weighted by Crippen LogP contribution is 2.07. The highest BCUT2D eigenvalue weighted by atomic mass is 16.4. The summed E-state index contributed by atoms with van der Waals surface area (Å²) in [5, 5.41) is 8.73. The molecule has 0 aliphatic rings. The minimum absolute atomic E-state index is 0.231. The van der Waals surface area contributed by atoms with Crippen LogP contribution in [-0.2, 0) is 6.54 Å². The van der Waals surface area contributed by atoms with E-state index in [0.717, 1.165) is 18.7 Å². The average molecular weight is 222 g/mol. The van der Waals surface area contributed by atoms with Gasteiger partial charge < -0.3 is 5.11 Å². The fourth-order valence-electron chi connectivity index (χ4n) is 1.37. The van der Waals surface area contributed by atoms with Crippen molar-refractivity contribution < 1.29 is 9.90 Å². The molecule has 1 atom stereocenters. The molecule has 1 aromatic rings. The standard InChI is InChI=1S/C12H18N2O2/c1-4-9(2)14(3)8-11-6-5-10(7-13-11)12(15)16/h5-7,9H,4,8H2,1-3H3,(H,15,16). The molecule has 4 heteroatoms. The molecule has 0 bridgehead atoms. The van der Waals surface area contributed by atoms with E-state index in [9.17, 15) is 4.79 Å². The lowest BCUT2D eigenvalue weighted by molar-refractivity contribution is 0.0696. The number of aromatic nitrogens is 1. The van der Waals surface area contributed by atoms with Gasteiger partial charge in [0.2, 0.25) is 0 Å². The molecule has 0 spiro atoms. The van der Waals surface area contributed by atoms with Crippen LogP contribution in [-0.4, -0.2) is 34.0 Å². The average Bonchev–Trinajstić information content (AvgIpc) is 2.28. The summed E-state index contributed by atoms with van der Waals surface area (Å²) in [4.78, 5) is 17.0. The van der Waals surface area contributed by atoms with Crippen molar-refractivity contribution in [1.82, 2.24) is 9.88 Å². The van der Waals surface area contributed by atoms with Gasteiger partial charge >= 0.3 is 5.97 Å². The summed E-state index contributed by atoms with van der Waals surface area (Å²) in [7, 11) is 2.04. The Morgan fingerprint density at radius 3 is 2.69 bits per heavy atom. The Labute approximate surface area is 95.9 Å². The van der Waals surface area contributed by atoms with Gasteiger partial charge in [0.15, 0.2) is 0 Å². The van der Waals surface area contributed by atoms with Crippen LogP contribution in [0, 0.1) is 0 Å². The van der Waals surface area contributed by atoms with E-state index in [0.29, 0.717) is 6.04 Å². The highest BCUT2D eigenvalue weighted by Gasteiger charge is 2.09. The van der Waals surface area contributed by atoms with Gasteiger partial charge in [0.1, 0.15) is 0 Å². The quantitative estimate of drug-likeness (QED) is 0.828. The van der Waals surface area contributed by atoms with Gasteiger partial charge in [-0.15, -0.1) is 0 Å². The Hall–Kier alpha value is -1.42. The molecule has 0 aliphatic heterocycles. The molecule has 0 aliphatic carbocycles. The normalized spacial score (nSPS) is 12.8. The molecule has 1 aromatic heterocycles. The Bertz CT molecular complexity index is 349. The highest BCUT2D eigenvalue weighted by molar-refractivity contribution is 5.87. The van der Waals surface area contributed by atoms with Gasteiger partial charge in [-0.1, -0.05) is 6.92 Å². The van der Waals surface area contributed by atoms with Crippen LogP contribution in [0.2, 0.25) is 0 Å². The fraction of sp³-hybridized carbons (Fsp3) is 0.500. The number of carbonyl (C=O) groups is 1. The van der Waals surface area contributed by atoms with Crippen molar-refractivity contribution in [3.05, 3.63) is 29.6 Å². The molecule has 1 rings (SSSR count). The van der Waals surface area contributed by atoms with E-state index in [2.05, 4.69) is 23.7 Å². The van der Waals surface area contributed by atoms with Crippen LogP contribution in [0.25, 0.3) is 0 Å². The number of hydrogen-bond donors (Lipinski definition) is 1. The van der Waals surface area contributed by atoms with Crippen LogP contribution in [0.5, 0.6) is 0 Å². The van der Waals surface area contributed by atoms with Crippen LogP contribution in [0.4, 0.5) is 0 Å². The second-order valence-electron chi connectivity index (χ2n) is 4.02. The van der Waals surface area contributed by atoms with Crippen molar-refractivity contribution in [1.29, 1.82) is 0 Å². The maximum absolute atomic E-state index is 10.6. The zero-order valence-electron chi connectivity index (χ0n) is 9.97. The molecule has 0 fully saturated rings. The summed E-state index contributed by atoms with van der Waals surface area (Å²) in [6, 6.07) is 3.86. The van der Waals surface area contributed by atoms with Crippen molar-refractivity contribution in [2.45, 2.75) is 32.9 Å². The molecular formula is C12H18N2O2. The summed E-state index contributed by atoms with van der Waals surface area (Å²) in [5.74, 6) is -0.936. The zero-order valence-corrected chi connectivity index (χ0v) is 9.97. The predicted octanol–water partition coefficient (Wildman–Crippen LogP) is 2.01. The smallest absolute Gasteiger partial charge is 0.337 e. The predicted molar refractivity (Wildman–Crippen MR) is 62.4 cm³/mol. The fourth-order valence-corrected chi connectivity index (χ4v) is 1.37. The molecule has 0 aromatic carbocycles. The Kier molecular flexibility index (Phi) is 4.43. The van der Waals surface area contributed by atoms with E-state index in [-0.39, 0.29) is 5.56 Å². The third kappa shape index (κ3) is 3.31. The summed E-state index contributed by atoms with van der Waals surface area (Å²) < 4.78 is 0. The maximum Gasteiger partial charge on any atom is 0.337 e. The van der Waals surface area contributed by atoms with Crippen molar-refractivity contribution in [2.75, 3.05) is 7.05 Å². The molecular weight excluding hydrogens is 204 g/mol. The lowest BCUT2D eigenvalue weighted by atomic mass is 10.2. The van der Waals surface area contributed by atoms with Gasteiger partial charge in [0, 0.05) is 18.8 Å². The van der Waals surface area contributed by atoms with Crippen LogP contribution in [0.3, 0.4) is 0 Å². The summed E-state index contributed by atoms with van der Waals surface area (Å²) in [5.41, 5.74) is 1.13. The third-order valence-electron chi connectivity index (χ3n) is 2.83. The third-order valence-corrected chi connectivity index (χ3v) is 2.83. The van der Waals surface area contributed by atoms with Gasteiger partial charge in [-0.05, 0) is 32.5 Å². The zero-order chi connectivity index (χ0) is 12.1. The molecule has 0 saturated carbocycles. The van der Waals surface area contributed by atoms with E-state index in [1.165, 1.54) is 6.20 Å². The molecule has 16 heavy (non-hydrogen) atoms. The van der Waals surface area contributed by atoms with Gasteiger partial charge in [-0.25, -0.2) is 4.79 Å². The van der Waals surface area contributed by atoms with E-state index >= 15 is 0 Å². The SMILES string of the molecule is CCC(C)N(C)Cc1ccc(C(=O)O)cn1. The number of pyridine rings is 1. The van der Waals surface area contributed by atoms with E-state index < -0.39 is 5.97 Å². The molecule has 1 heterocycles. The van der Waals surface area contributed by atoms with Crippen molar-refractivity contribution in [3.63, 3.8) is 0 Å². The largest absolute Gasteiger partial charge is 0.478 e. The Morgan fingerprint density at radius 2 is 2.25 bits per heavy atom. The molecule has 4 nitrogen and oxygen atoms in total. The molecule has 88 valence electrons. The molecule has 0 saturated heterocycles. The second kappa shape index (κ2) is 5.61. The first kappa shape index (κ1) is 12.6. The van der Waals surface area contributed by atoms with Crippen molar-refractivity contribution in [3.8, 4) is 0 Å². The first-order valence-corrected chi connectivity index (χ1v) is 5.43. The van der Waals surface area contributed by atoms with Crippen LogP contribution in [0.1, 0.15) is 36.3 Å². The van der Waals surface area contributed by atoms with Gasteiger partial charge in [0.25, 0.3) is 0 Å². The van der Waals surface area contributed by atoms with E-state index in [4.69, 9.17) is 5.11 Å². The minimum Gasteiger partial charge on any atom is -0.478 e. The van der Waals surface area contributed by atoms with Gasteiger partial charge in [-0.2, -0.15) is 0 Å². The summed E-state index contributed by atoms with van der Waals surface area (Å²) in [6.07, 6.45) is 2.49. The topological polar surface area (TPSA) is 53.4 Å². The van der Waals surface area contributed by atoms with Gasteiger partial charge in [-0.3, -0.25) is 9.88 Å². The number of hydrogen-bond acceptors (Lipinski definition) is 3. The maximum atomic E-state index is 10.6. The number of carboxylic acids is 1. The molecule has 0 amide bonds. The Morgan fingerprint density at radius 1 is 1.56 bits per heavy atom. The van der Waals surface area contributed by atoms with Gasteiger partial charge in [0.05, 0.1) is 11.3 Å². The number of aromatic carboxylic acids is 1. The van der Waals surface area contributed by atoms with E-state index in [1.807, 2.05) is 7.05 Å². The summed E-state index contributed by atoms with van der Waals surface area (Å²) >= 11 is 0. The van der Waals surface area contributed by atoms with Crippen LogP contribution >= 0.6 is 0 Å². The monoisotopic (exact) mass is 222 g/mol. The minimum atomic E-state index is -0.936. The van der Waals surface area contributed by atoms with Crippen molar-refractivity contribution in [2.24, 2.45) is 0 Å². The molecule has 1 unspecified atom stereocenters. The van der Waals surface area contributed by atoms with Crippen LogP contribution < -0.4 is 0 Å². The lowest BCUT2D eigenvalue weighted by Gasteiger charge is -2.22. The number of nitrogens with zero attached hydrogens (tertiary/aromatic N) is 2. The van der Waals surface area contributed by atoms with E-state index in [1.54, 1.807) is 12.1 Å². The van der Waals surface area contributed by atoms with Crippen molar-refractivity contribution >= 4 is 5.97 Å².